The molecular weight excluding hydrogens is 284 g/mol. The molecule has 1 fully saturated rings. The molecule has 6 nitrogen and oxygen atoms in total. The van der Waals surface area contributed by atoms with E-state index < -0.39 is 11.9 Å². The molecule has 0 radical (unpaired) electrons. The van der Waals surface area contributed by atoms with Gasteiger partial charge in [0.2, 0.25) is 0 Å². The van der Waals surface area contributed by atoms with Gasteiger partial charge in [-0.05, 0) is 19.3 Å². The van der Waals surface area contributed by atoms with Gasteiger partial charge >= 0.3 is 5.97 Å². The number of carbonyl (C=O) groups excluding carboxylic acids is 1. The Bertz CT molecular complexity index is 409. The molecule has 1 aliphatic rings. The van der Waals surface area contributed by atoms with E-state index in [0.29, 0.717) is 38.0 Å². The molecule has 0 spiro atoms. The summed E-state index contributed by atoms with van der Waals surface area (Å²) in [6, 6.07) is 2.02. The smallest absolute Gasteiger partial charge is 0.329 e. The van der Waals surface area contributed by atoms with Crippen LogP contribution in [0.15, 0.2) is 4.99 Å². The summed E-state index contributed by atoms with van der Waals surface area (Å²) >= 11 is 0. The van der Waals surface area contributed by atoms with E-state index in [1.807, 2.05) is 26.8 Å². The third kappa shape index (κ3) is 6.12. The number of hydrogen-bond donors (Lipinski definition) is 0. The molecule has 0 aliphatic carbocycles. The molecule has 0 aromatic heterocycles. The second-order valence-corrected chi connectivity index (χ2v) is 5.58. The molecule has 0 bridgehead atoms. The summed E-state index contributed by atoms with van der Waals surface area (Å²) in [5.41, 5.74) is 0.593. The highest BCUT2D eigenvalue weighted by atomic mass is 16.6. The van der Waals surface area contributed by atoms with E-state index in [1.165, 1.54) is 0 Å². The molecule has 0 aromatic carbocycles. The Labute approximate surface area is 132 Å². The SMILES string of the molecule is CCOCCOC(=O)C(C#N)C(=NCC1CCOC1)C(C)C. The van der Waals surface area contributed by atoms with Gasteiger partial charge in [-0.25, -0.2) is 0 Å². The van der Waals surface area contributed by atoms with Crippen molar-refractivity contribution in [2.24, 2.45) is 22.7 Å². The molecule has 1 saturated heterocycles. The summed E-state index contributed by atoms with van der Waals surface area (Å²) in [6.45, 7) is 8.86. The number of nitriles is 1. The van der Waals surface area contributed by atoms with Crippen LogP contribution in [0.3, 0.4) is 0 Å². The minimum Gasteiger partial charge on any atom is -0.462 e. The van der Waals surface area contributed by atoms with Gasteiger partial charge in [-0.2, -0.15) is 5.26 Å². The largest absolute Gasteiger partial charge is 0.462 e. The Kier molecular flexibility index (Phi) is 8.71. The number of esters is 1. The average molecular weight is 310 g/mol. The van der Waals surface area contributed by atoms with Gasteiger partial charge in [-0.15, -0.1) is 0 Å². The van der Waals surface area contributed by atoms with E-state index in [0.717, 1.165) is 13.0 Å². The van der Waals surface area contributed by atoms with Crippen LogP contribution in [-0.4, -0.2) is 51.3 Å². The van der Waals surface area contributed by atoms with Crippen LogP contribution in [-0.2, 0) is 19.0 Å². The first kappa shape index (κ1) is 18.6. The Morgan fingerprint density at radius 2 is 2.23 bits per heavy atom. The first-order valence-corrected chi connectivity index (χ1v) is 7.86. The Balaban J connectivity index is 2.62. The van der Waals surface area contributed by atoms with Gasteiger partial charge < -0.3 is 14.2 Å². The van der Waals surface area contributed by atoms with Crippen molar-refractivity contribution < 1.29 is 19.0 Å². The van der Waals surface area contributed by atoms with Crippen molar-refractivity contribution in [3.8, 4) is 6.07 Å². The lowest BCUT2D eigenvalue weighted by Crippen LogP contribution is -2.30. The lowest BCUT2D eigenvalue weighted by atomic mass is 9.95. The molecule has 2 unspecified atom stereocenters. The number of aliphatic imine (C=N–C) groups is 1. The molecule has 2 atom stereocenters. The van der Waals surface area contributed by atoms with Crippen molar-refractivity contribution >= 4 is 11.7 Å². The molecule has 0 N–H and O–H groups in total. The lowest BCUT2D eigenvalue weighted by molar-refractivity contribution is -0.146. The van der Waals surface area contributed by atoms with Crippen LogP contribution in [0.2, 0.25) is 0 Å². The van der Waals surface area contributed by atoms with Crippen LogP contribution in [0, 0.1) is 29.1 Å². The van der Waals surface area contributed by atoms with Gasteiger partial charge in [0.1, 0.15) is 6.61 Å². The van der Waals surface area contributed by atoms with Crippen molar-refractivity contribution in [2.75, 3.05) is 39.6 Å². The highest BCUT2D eigenvalue weighted by Crippen LogP contribution is 2.16. The van der Waals surface area contributed by atoms with Gasteiger partial charge in [0.25, 0.3) is 0 Å². The van der Waals surface area contributed by atoms with Crippen LogP contribution in [0.4, 0.5) is 0 Å². The first-order valence-electron chi connectivity index (χ1n) is 7.86. The van der Waals surface area contributed by atoms with Crippen LogP contribution in [0.1, 0.15) is 27.2 Å². The summed E-state index contributed by atoms with van der Waals surface area (Å²) in [4.78, 5) is 16.6. The number of hydrogen-bond acceptors (Lipinski definition) is 6. The highest BCUT2D eigenvalue weighted by Gasteiger charge is 2.28. The molecule has 6 heteroatoms. The van der Waals surface area contributed by atoms with E-state index in [2.05, 4.69) is 4.99 Å². The molecule has 1 heterocycles. The maximum absolute atomic E-state index is 12.1. The minimum atomic E-state index is -0.941. The predicted molar refractivity (Wildman–Crippen MR) is 82.6 cm³/mol. The van der Waals surface area contributed by atoms with Gasteiger partial charge in [-0.3, -0.25) is 9.79 Å². The van der Waals surface area contributed by atoms with E-state index >= 15 is 0 Å². The molecule has 1 rings (SSSR count). The topological polar surface area (TPSA) is 80.9 Å². The summed E-state index contributed by atoms with van der Waals surface area (Å²) in [5, 5.41) is 9.32. The zero-order valence-corrected chi connectivity index (χ0v) is 13.7. The zero-order valence-electron chi connectivity index (χ0n) is 13.7. The maximum Gasteiger partial charge on any atom is 0.329 e. The quantitative estimate of drug-likeness (QED) is 0.369. The fraction of sp³-hybridized carbons (Fsp3) is 0.812. The van der Waals surface area contributed by atoms with Crippen molar-refractivity contribution in [1.82, 2.24) is 0 Å². The van der Waals surface area contributed by atoms with Crippen molar-refractivity contribution in [3.63, 3.8) is 0 Å². The molecule has 124 valence electrons. The van der Waals surface area contributed by atoms with Gasteiger partial charge in [0, 0.05) is 31.4 Å². The number of carbonyl (C=O) groups is 1. The third-order valence-electron chi connectivity index (χ3n) is 3.48. The van der Waals surface area contributed by atoms with E-state index in [1.54, 1.807) is 0 Å². The van der Waals surface area contributed by atoms with Crippen LogP contribution < -0.4 is 0 Å². The second-order valence-electron chi connectivity index (χ2n) is 5.58. The van der Waals surface area contributed by atoms with Gasteiger partial charge in [0.15, 0.2) is 5.92 Å². The van der Waals surface area contributed by atoms with Crippen LogP contribution in [0.25, 0.3) is 0 Å². The number of ether oxygens (including phenoxy) is 3. The summed E-state index contributed by atoms with van der Waals surface area (Å²) < 4.78 is 15.5. The van der Waals surface area contributed by atoms with E-state index in [9.17, 15) is 10.1 Å². The lowest BCUT2D eigenvalue weighted by Gasteiger charge is -2.16. The Hall–Kier alpha value is -1.45. The zero-order chi connectivity index (χ0) is 16.4. The minimum absolute atomic E-state index is 0.0198. The summed E-state index contributed by atoms with van der Waals surface area (Å²) in [7, 11) is 0. The van der Waals surface area contributed by atoms with E-state index in [4.69, 9.17) is 14.2 Å². The fourth-order valence-electron chi connectivity index (χ4n) is 2.24. The fourth-order valence-corrected chi connectivity index (χ4v) is 2.24. The number of nitrogens with zero attached hydrogens (tertiary/aromatic N) is 2. The van der Waals surface area contributed by atoms with Crippen LogP contribution in [0.5, 0.6) is 0 Å². The van der Waals surface area contributed by atoms with Gasteiger partial charge in [-0.1, -0.05) is 13.8 Å². The highest BCUT2D eigenvalue weighted by molar-refractivity contribution is 6.05. The van der Waals surface area contributed by atoms with Gasteiger partial charge in [0.05, 0.1) is 19.3 Å². The summed E-state index contributed by atoms with van der Waals surface area (Å²) in [6.07, 6.45) is 0.977. The average Bonchev–Trinajstić information content (AvgIpc) is 3.00. The van der Waals surface area contributed by atoms with Crippen LogP contribution >= 0.6 is 0 Å². The molecule has 1 aliphatic heterocycles. The third-order valence-corrected chi connectivity index (χ3v) is 3.48. The molecule has 22 heavy (non-hydrogen) atoms. The standard InChI is InChI=1S/C16H26N2O4/c1-4-20-7-8-22-16(19)14(9-17)15(12(2)3)18-10-13-5-6-21-11-13/h12-14H,4-8,10-11H2,1-3H3. The Morgan fingerprint density at radius 3 is 2.77 bits per heavy atom. The molecule has 0 saturated carbocycles. The first-order chi connectivity index (χ1) is 10.6. The Morgan fingerprint density at radius 1 is 1.45 bits per heavy atom. The van der Waals surface area contributed by atoms with Crippen molar-refractivity contribution in [2.45, 2.75) is 27.2 Å². The van der Waals surface area contributed by atoms with Crippen molar-refractivity contribution in [1.29, 1.82) is 5.26 Å². The molecule has 0 amide bonds. The van der Waals surface area contributed by atoms with Crippen molar-refractivity contribution in [3.05, 3.63) is 0 Å². The normalized spacial score (nSPS) is 20.0. The summed E-state index contributed by atoms with van der Waals surface area (Å²) in [5.74, 6) is -1.09. The molecular formula is C16H26N2O4. The monoisotopic (exact) mass is 310 g/mol. The number of rotatable bonds is 9. The van der Waals surface area contributed by atoms with E-state index in [-0.39, 0.29) is 12.5 Å². The molecule has 0 aromatic rings. The second kappa shape index (κ2) is 10.3. The maximum atomic E-state index is 12.1. The predicted octanol–water partition coefficient (Wildman–Crippen LogP) is 1.84.